The Morgan fingerprint density at radius 3 is 2.50 bits per heavy atom. The summed E-state index contributed by atoms with van der Waals surface area (Å²) in [5.41, 5.74) is 0.172. The Balaban J connectivity index is 2.43. The van der Waals surface area contributed by atoms with Crippen LogP contribution in [0.3, 0.4) is 0 Å². The van der Waals surface area contributed by atoms with Crippen LogP contribution in [0.1, 0.15) is 40.3 Å². The lowest BCUT2D eigenvalue weighted by Gasteiger charge is -2.27. The minimum Gasteiger partial charge on any atom is -0.489 e. The maximum absolute atomic E-state index is 10.1. The quantitative estimate of drug-likeness (QED) is 0.768. The molecule has 1 unspecified atom stereocenters. The van der Waals surface area contributed by atoms with Gasteiger partial charge in [0.2, 0.25) is 0 Å². The standard InChI is InChI=1S/C16H28N2O2/c1-12(2)8-17-9-14-6-7-15(10-18-14)20-11-16(5,19)13(3)4/h6-7,10,12-13,17,19H,8-9,11H2,1-5H3. The smallest absolute Gasteiger partial charge is 0.137 e. The van der Waals surface area contributed by atoms with E-state index in [-0.39, 0.29) is 12.5 Å². The first kappa shape index (κ1) is 16.9. The van der Waals surface area contributed by atoms with Gasteiger partial charge >= 0.3 is 0 Å². The zero-order valence-electron chi connectivity index (χ0n) is 13.3. The summed E-state index contributed by atoms with van der Waals surface area (Å²) in [6, 6.07) is 3.85. The van der Waals surface area contributed by atoms with E-state index < -0.39 is 5.60 Å². The second kappa shape index (κ2) is 7.60. The van der Waals surface area contributed by atoms with Crippen molar-refractivity contribution in [2.75, 3.05) is 13.2 Å². The Labute approximate surface area is 122 Å². The highest BCUT2D eigenvalue weighted by molar-refractivity contribution is 5.20. The van der Waals surface area contributed by atoms with Gasteiger partial charge in [0.05, 0.1) is 17.5 Å². The van der Waals surface area contributed by atoms with Crippen molar-refractivity contribution in [3.63, 3.8) is 0 Å². The van der Waals surface area contributed by atoms with E-state index in [1.54, 1.807) is 13.1 Å². The molecule has 0 saturated heterocycles. The van der Waals surface area contributed by atoms with Crippen LogP contribution in [-0.4, -0.2) is 28.8 Å². The first-order valence-corrected chi connectivity index (χ1v) is 7.32. The van der Waals surface area contributed by atoms with Gasteiger partial charge in [-0.05, 0) is 37.4 Å². The molecule has 0 aliphatic heterocycles. The molecular formula is C16H28N2O2. The molecule has 0 amide bonds. The molecule has 1 rings (SSSR count). The van der Waals surface area contributed by atoms with Crippen molar-refractivity contribution < 1.29 is 9.84 Å². The summed E-state index contributed by atoms with van der Waals surface area (Å²) in [4.78, 5) is 4.35. The van der Waals surface area contributed by atoms with Crippen molar-refractivity contribution in [2.24, 2.45) is 11.8 Å². The van der Waals surface area contributed by atoms with E-state index in [1.807, 2.05) is 26.0 Å². The fourth-order valence-electron chi connectivity index (χ4n) is 1.49. The molecular weight excluding hydrogens is 252 g/mol. The van der Waals surface area contributed by atoms with Gasteiger partial charge in [-0.15, -0.1) is 0 Å². The van der Waals surface area contributed by atoms with Crippen LogP contribution in [0.4, 0.5) is 0 Å². The third-order valence-corrected chi connectivity index (χ3v) is 3.43. The third kappa shape index (κ3) is 5.88. The monoisotopic (exact) mass is 280 g/mol. The van der Waals surface area contributed by atoms with Gasteiger partial charge in [0.25, 0.3) is 0 Å². The summed E-state index contributed by atoms with van der Waals surface area (Å²) in [6.07, 6.45) is 1.71. The van der Waals surface area contributed by atoms with Crippen molar-refractivity contribution in [3.05, 3.63) is 24.0 Å². The van der Waals surface area contributed by atoms with Gasteiger partial charge in [0, 0.05) is 6.54 Å². The predicted octanol–water partition coefficient (Wildman–Crippen LogP) is 2.61. The average Bonchev–Trinajstić information content (AvgIpc) is 2.37. The molecule has 0 aliphatic rings. The number of ether oxygens (including phenoxy) is 1. The minimum absolute atomic E-state index is 0.148. The molecule has 1 aromatic heterocycles. The maximum atomic E-state index is 10.1. The van der Waals surface area contributed by atoms with E-state index in [1.165, 1.54) is 0 Å². The molecule has 0 saturated carbocycles. The van der Waals surface area contributed by atoms with Crippen LogP contribution < -0.4 is 10.1 Å². The topological polar surface area (TPSA) is 54.4 Å². The van der Waals surface area contributed by atoms with Gasteiger partial charge in [-0.1, -0.05) is 27.7 Å². The molecule has 0 spiro atoms. The molecule has 4 nitrogen and oxygen atoms in total. The van der Waals surface area contributed by atoms with Crippen molar-refractivity contribution >= 4 is 0 Å². The van der Waals surface area contributed by atoms with Crippen molar-refractivity contribution in [2.45, 2.75) is 46.8 Å². The Kier molecular flexibility index (Phi) is 6.43. The zero-order chi connectivity index (χ0) is 15.2. The van der Waals surface area contributed by atoms with Gasteiger partial charge in [-0.2, -0.15) is 0 Å². The van der Waals surface area contributed by atoms with Gasteiger partial charge in [-0.25, -0.2) is 0 Å². The Morgan fingerprint density at radius 1 is 1.30 bits per heavy atom. The summed E-state index contributed by atoms with van der Waals surface area (Å²) in [7, 11) is 0. The summed E-state index contributed by atoms with van der Waals surface area (Å²) in [6.45, 7) is 12.1. The zero-order valence-corrected chi connectivity index (χ0v) is 13.3. The molecule has 4 heteroatoms. The molecule has 0 aromatic carbocycles. The lowest BCUT2D eigenvalue weighted by atomic mass is 9.94. The summed E-state index contributed by atoms with van der Waals surface area (Å²) >= 11 is 0. The molecule has 0 radical (unpaired) electrons. The highest BCUT2D eigenvalue weighted by atomic mass is 16.5. The van der Waals surface area contributed by atoms with Gasteiger partial charge in [0.1, 0.15) is 12.4 Å². The molecule has 0 bridgehead atoms. The van der Waals surface area contributed by atoms with Gasteiger partial charge in [0.15, 0.2) is 0 Å². The number of hydrogen-bond donors (Lipinski definition) is 2. The third-order valence-electron chi connectivity index (χ3n) is 3.43. The van der Waals surface area contributed by atoms with Crippen LogP contribution in [0.15, 0.2) is 18.3 Å². The van der Waals surface area contributed by atoms with E-state index in [2.05, 4.69) is 24.1 Å². The summed E-state index contributed by atoms with van der Waals surface area (Å²) in [5.74, 6) is 1.48. The second-order valence-corrected chi connectivity index (χ2v) is 6.31. The number of hydrogen-bond acceptors (Lipinski definition) is 4. The van der Waals surface area contributed by atoms with Gasteiger partial charge in [-0.3, -0.25) is 4.98 Å². The van der Waals surface area contributed by atoms with E-state index in [9.17, 15) is 5.11 Å². The highest BCUT2D eigenvalue weighted by Gasteiger charge is 2.25. The number of rotatable bonds is 8. The fraction of sp³-hybridized carbons (Fsp3) is 0.688. The number of nitrogens with one attached hydrogen (secondary N) is 1. The maximum Gasteiger partial charge on any atom is 0.137 e. The van der Waals surface area contributed by atoms with Crippen LogP contribution in [0.25, 0.3) is 0 Å². The number of pyridine rings is 1. The fourth-order valence-corrected chi connectivity index (χ4v) is 1.49. The first-order valence-electron chi connectivity index (χ1n) is 7.32. The van der Waals surface area contributed by atoms with Crippen molar-refractivity contribution in [1.29, 1.82) is 0 Å². The van der Waals surface area contributed by atoms with Crippen molar-refractivity contribution in [3.8, 4) is 5.75 Å². The molecule has 1 atom stereocenters. The summed E-state index contributed by atoms with van der Waals surface area (Å²) < 4.78 is 5.60. The van der Waals surface area contributed by atoms with E-state index in [0.29, 0.717) is 11.7 Å². The second-order valence-electron chi connectivity index (χ2n) is 6.31. The number of aromatic nitrogens is 1. The van der Waals surface area contributed by atoms with E-state index in [0.717, 1.165) is 18.8 Å². The van der Waals surface area contributed by atoms with Crippen LogP contribution in [-0.2, 0) is 6.54 Å². The Morgan fingerprint density at radius 2 is 2.00 bits per heavy atom. The lowest BCUT2D eigenvalue weighted by Crippen LogP contribution is -2.37. The van der Waals surface area contributed by atoms with Crippen LogP contribution in [0.2, 0.25) is 0 Å². The molecule has 1 aromatic rings. The molecule has 1 heterocycles. The Bertz CT molecular complexity index is 386. The number of nitrogens with zero attached hydrogens (tertiary/aromatic N) is 1. The highest BCUT2D eigenvalue weighted by Crippen LogP contribution is 2.18. The normalized spacial score (nSPS) is 14.6. The largest absolute Gasteiger partial charge is 0.489 e. The number of aliphatic hydroxyl groups is 1. The first-order chi connectivity index (χ1) is 9.31. The summed E-state index contributed by atoms with van der Waals surface area (Å²) in [5, 5.41) is 13.5. The molecule has 20 heavy (non-hydrogen) atoms. The lowest BCUT2D eigenvalue weighted by molar-refractivity contribution is -0.0267. The van der Waals surface area contributed by atoms with Crippen LogP contribution >= 0.6 is 0 Å². The average molecular weight is 280 g/mol. The molecule has 114 valence electrons. The SMILES string of the molecule is CC(C)CNCc1ccc(OCC(C)(O)C(C)C)cn1. The minimum atomic E-state index is -0.822. The molecule has 0 fully saturated rings. The van der Waals surface area contributed by atoms with Crippen molar-refractivity contribution in [1.82, 2.24) is 10.3 Å². The predicted molar refractivity (Wildman–Crippen MR) is 81.7 cm³/mol. The molecule has 2 N–H and O–H groups in total. The van der Waals surface area contributed by atoms with E-state index >= 15 is 0 Å². The van der Waals surface area contributed by atoms with Gasteiger partial charge < -0.3 is 15.2 Å². The van der Waals surface area contributed by atoms with Crippen LogP contribution in [0, 0.1) is 11.8 Å². The van der Waals surface area contributed by atoms with E-state index in [4.69, 9.17) is 4.74 Å². The molecule has 0 aliphatic carbocycles. The van der Waals surface area contributed by atoms with Crippen LogP contribution in [0.5, 0.6) is 5.75 Å². The Hall–Kier alpha value is -1.13.